The maximum absolute atomic E-state index is 13.4. The molecule has 1 atom stereocenters. The molecular weight excluding hydrogens is 273 g/mol. The second-order valence-electron chi connectivity index (χ2n) is 6.01. The minimum absolute atomic E-state index is 0.162. The Morgan fingerprint density at radius 2 is 1.91 bits per heavy atom. The molecule has 22 heavy (non-hydrogen) atoms. The Labute approximate surface area is 131 Å². The van der Waals surface area contributed by atoms with Gasteiger partial charge in [-0.2, -0.15) is 0 Å². The van der Waals surface area contributed by atoms with Gasteiger partial charge in [-0.1, -0.05) is 43.7 Å². The molecule has 1 aromatic heterocycles. The quantitative estimate of drug-likeness (QED) is 0.617. The van der Waals surface area contributed by atoms with Crippen LogP contribution in [0, 0.1) is 11.7 Å². The van der Waals surface area contributed by atoms with E-state index in [9.17, 15) is 4.39 Å². The lowest BCUT2D eigenvalue weighted by Crippen LogP contribution is -2.05. The summed E-state index contributed by atoms with van der Waals surface area (Å²) in [5.41, 5.74) is 3.65. The van der Waals surface area contributed by atoms with Crippen molar-refractivity contribution >= 4 is 10.9 Å². The molecule has 0 bridgehead atoms. The number of benzene rings is 2. The van der Waals surface area contributed by atoms with E-state index in [1.807, 2.05) is 12.3 Å². The molecular formula is C20H22FN. The number of fused-ring (bicyclic) bond motifs is 1. The third kappa shape index (κ3) is 3.38. The summed E-state index contributed by atoms with van der Waals surface area (Å²) in [6.45, 7) is 2.25. The van der Waals surface area contributed by atoms with E-state index in [2.05, 4.69) is 42.2 Å². The predicted octanol–water partition coefficient (Wildman–Crippen LogP) is 5.51. The maximum atomic E-state index is 13.4. The summed E-state index contributed by atoms with van der Waals surface area (Å²) >= 11 is 0. The Bertz CT molecular complexity index is 730. The molecule has 3 rings (SSSR count). The number of halogens is 1. The van der Waals surface area contributed by atoms with Crippen molar-refractivity contribution in [3.8, 4) is 0 Å². The Morgan fingerprint density at radius 3 is 2.68 bits per heavy atom. The van der Waals surface area contributed by atoms with E-state index in [0.717, 1.165) is 30.2 Å². The van der Waals surface area contributed by atoms with Crippen LogP contribution in [0.5, 0.6) is 0 Å². The highest BCUT2D eigenvalue weighted by Gasteiger charge is 2.10. The summed E-state index contributed by atoms with van der Waals surface area (Å²) < 4.78 is 13.4. The molecule has 0 aliphatic rings. The summed E-state index contributed by atoms with van der Waals surface area (Å²) in [6, 6.07) is 15.6. The van der Waals surface area contributed by atoms with Crippen LogP contribution in [0.3, 0.4) is 0 Å². The van der Waals surface area contributed by atoms with Gasteiger partial charge in [0, 0.05) is 17.1 Å². The molecule has 2 heteroatoms. The Kier molecular flexibility index (Phi) is 4.57. The van der Waals surface area contributed by atoms with Crippen LogP contribution < -0.4 is 0 Å². The zero-order valence-corrected chi connectivity index (χ0v) is 13.0. The second kappa shape index (κ2) is 6.78. The molecule has 0 aliphatic carbocycles. The van der Waals surface area contributed by atoms with Gasteiger partial charge >= 0.3 is 0 Å². The Morgan fingerprint density at radius 1 is 1.09 bits per heavy atom. The average molecular weight is 295 g/mol. The third-order valence-electron chi connectivity index (χ3n) is 4.50. The van der Waals surface area contributed by atoms with Gasteiger partial charge in [0.25, 0.3) is 0 Å². The van der Waals surface area contributed by atoms with E-state index in [-0.39, 0.29) is 5.82 Å². The Hall–Kier alpha value is -2.09. The van der Waals surface area contributed by atoms with Gasteiger partial charge in [-0.15, -0.1) is 0 Å². The number of hydrogen-bond donors (Lipinski definition) is 1. The zero-order chi connectivity index (χ0) is 15.4. The molecule has 0 saturated heterocycles. The van der Waals surface area contributed by atoms with Crippen LogP contribution in [0.4, 0.5) is 4.39 Å². The van der Waals surface area contributed by atoms with E-state index < -0.39 is 0 Å². The van der Waals surface area contributed by atoms with Gasteiger partial charge in [0.1, 0.15) is 5.82 Å². The number of aromatic amines is 1. The molecule has 0 amide bonds. The van der Waals surface area contributed by atoms with Crippen LogP contribution in [-0.4, -0.2) is 4.98 Å². The highest BCUT2D eigenvalue weighted by molar-refractivity contribution is 5.83. The number of nitrogens with one attached hydrogen (secondary N) is 1. The van der Waals surface area contributed by atoms with Crippen molar-refractivity contribution in [2.45, 2.75) is 32.6 Å². The molecule has 0 radical (unpaired) electrons. The van der Waals surface area contributed by atoms with E-state index in [1.54, 1.807) is 6.07 Å². The van der Waals surface area contributed by atoms with Crippen molar-refractivity contribution in [1.29, 1.82) is 0 Å². The standard InChI is InChI=1S/C20H22FN/c1-2-15(12-16-6-4-3-5-7-16)8-9-17-14-22-20-11-10-18(21)13-19(17)20/h3-7,10-11,13-15,22H,2,8-9,12H2,1H3. The fourth-order valence-electron chi connectivity index (χ4n) is 3.12. The number of aryl methyl sites for hydroxylation is 1. The van der Waals surface area contributed by atoms with Gasteiger partial charge in [-0.3, -0.25) is 0 Å². The predicted molar refractivity (Wildman–Crippen MR) is 90.5 cm³/mol. The highest BCUT2D eigenvalue weighted by atomic mass is 19.1. The lowest BCUT2D eigenvalue weighted by atomic mass is 9.91. The average Bonchev–Trinajstić information content (AvgIpc) is 2.94. The Balaban J connectivity index is 1.68. The normalized spacial score (nSPS) is 12.6. The van der Waals surface area contributed by atoms with E-state index in [0.29, 0.717) is 5.92 Å². The molecule has 1 unspecified atom stereocenters. The van der Waals surface area contributed by atoms with Gasteiger partial charge in [-0.05, 0) is 54.5 Å². The molecule has 1 nitrogen and oxygen atoms in total. The van der Waals surface area contributed by atoms with E-state index >= 15 is 0 Å². The summed E-state index contributed by atoms with van der Waals surface area (Å²) in [4.78, 5) is 3.24. The van der Waals surface area contributed by atoms with Crippen molar-refractivity contribution in [3.63, 3.8) is 0 Å². The number of hydrogen-bond acceptors (Lipinski definition) is 0. The molecule has 0 aliphatic heterocycles. The summed E-state index contributed by atoms with van der Waals surface area (Å²) in [7, 11) is 0. The minimum atomic E-state index is -0.162. The second-order valence-corrected chi connectivity index (χ2v) is 6.01. The number of rotatable bonds is 6. The van der Waals surface area contributed by atoms with Gasteiger partial charge < -0.3 is 4.98 Å². The fraction of sp³-hybridized carbons (Fsp3) is 0.300. The lowest BCUT2D eigenvalue weighted by molar-refractivity contribution is 0.469. The molecule has 0 saturated carbocycles. The third-order valence-corrected chi connectivity index (χ3v) is 4.50. The van der Waals surface area contributed by atoms with Crippen molar-refractivity contribution in [1.82, 2.24) is 4.98 Å². The number of aromatic nitrogens is 1. The van der Waals surface area contributed by atoms with Crippen molar-refractivity contribution < 1.29 is 4.39 Å². The molecule has 0 spiro atoms. The van der Waals surface area contributed by atoms with Crippen LogP contribution in [0.15, 0.2) is 54.7 Å². The summed E-state index contributed by atoms with van der Waals surface area (Å²) in [5.74, 6) is 0.505. The van der Waals surface area contributed by atoms with Gasteiger partial charge in [0.2, 0.25) is 0 Å². The monoisotopic (exact) mass is 295 g/mol. The lowest BCUT2D eigenvalue weighted by Gasteiger charge is -2.14. The first-order valence-corrected chi connectivity index (χ1v) is 8.05. The first-order chi connectivity index (χ1) is 10.8. The summed E-state index contributed by atoms with van der Waals surface area (Å²) in [5, 5.41) is 1.02. The first kappa shape index (κ1) is 14.8. The van der Waals surface area contributed by atoms with Crippen molar-refractivity contribution in [3.05, 3.63) is 71.7 Å². The molecule has 114 valence electrons. The van der Waals surface area contributed by atoms with Crippen LogP contribution in [0.1, 0.15) is 30.9 Å². The van der Waals surface area contributed by atoms with Crippen LogP contribution in [0.25, 0.3) is 10.9 Å². The topological polar surface area (TPSA) is 15.8 Å². The smallest absolute Gasteiger partial charge is 0.123 e. The molecule has 2 aromatic carbocycles. The number of H-pyrrole nitrogens is 1. The van der Waals surface area contributed by atoms with Crippen LogP contribution in [0.2, 0.25) is 0 Å². The molecule has 0 fully saturated rings. The van der Waals surface area contributed by atoms with Gasteiger partial charge in [0.15, 0.2) is 0 Å². The molecule has 1 N–H and O–H groups in total. The first-order valence-electron chi connectivity index (χ1n) is 8.05. The van der Waals surface area contributed by atoms with Crippen LogP contribution >= 0.6 is 0 Å². The van der Waals surface area contributed by atoms with Crippen molar-refractivity contribution in [2.75, 3.05) is 0 Å². The van der Waals surface area contributed by atoms with Gasteiger partial charge in [0.05, 0.1) is 0 Å². The highest BCUT2D eigenvalue weighted by Crippen LogP contribution is 2.24. The van der Waals surface area contributed by atoms with Crippen molar-refractivity contribution in [2.24, 2.45) is 5.92 Å². The molecule has 1 heterocycles. The zero-order valence-electron chi connectivity index (χ0n) is 13.0. The molecule has 3 aromatic rings. The summed E-state index contributed by atoms with van der Waals surface area (Å²) in [6.07, 6.45) is 6.45. The maximum Gasteiger partial charge on any atom is 0.123 e. The van der Waals surface area contributed by atoms with E-state index in [1.165, 1.54) is 23.6 Å². The SMILES string of the molecule is CCC(CCc1c[nH]c2ccc(F)cc12)Cc1ccccc1. The minimum Gasteiger partial charge on any atom is -0.361 e. The van der Waals surface area contributed by atoms with E-state index in [4.69, 9.17) is 0 Å². The largest absolute Gasteiger partial charge is 0.361 e. The van der Waals surface area contributed by atoms with Gasteiger partial charge in [-0.25, -0.2) is 4.39 Å². The fourth-order valence-corrected chi connectivity index (χ4v) is 3.12. The van der Waals surface area contributed by atoms with Crippen LogP contribution in [-0.2, 0) is 12.8 Å².